The molecule has 0 saturated carbocycles. The van der Waals surface area contributed by atoms with Crippen molar-refractivity contribution in [3.05, 3.63) is 0 Å². The van der Waals surface area contributed by atoms with E-state index in [-0.39, 0.29) is 0 Å². The van der Waals surface area contributed by atoms with Crippen LogP contribution in [0.1, 0.15) is 13.8 Å². The van der Waals surface area contributed by atoms with Crippen molar-refractivity contribution in [2.24, 2.45) is 0 Å². The van der Waals surface area contributed by atoms with E-state index < -0.39 is 0 Å². The number of nitrogens with one attached hydrogen (secondary N) is 1. The van der Waals surface area contributed by atoms with Gasteiger partial charge in [0.25, 0.3) is 0 Å². The fourth-order valence-corrected chi connectivity index (χ4v) is 2.16. The number of fused-ring (bicyclic) bond motifs is 1. The van der Waals surface area contributed by atoms with E-state index in [4.69, 9.17) is 4.74 Å². The van der Waals surface area contributed by atoms with Crippen molar-refractivity contribution in [3.8, 4) is 0 Å². The molecule has 0 radical (unpaired) electrons. The Morgan fingerprint density at radius 3 is 3.08 bits per heavy atom. The van der Waals surface area contributed by atoms with Crippen LogP contribution in [0.5, 0.6) is 0 Å². The lowest BCUT2D eigenvalue weighted by atomic mass is 10.0. The Bertz CT molecular complexity index is 161. The highest BCUT2D eigenvalue weighted by Crippen LogP contribution is 2.17. The van der Waals surface area contributed by atoms with Gasteiger partial charge >= 0.3 is 0 Å². The topological polar surface area (TPSA) is 24.5 Å². The molecule has 3 heteroatoms. The highest BCUT2D eigenvalue weighted by atomic mass is 16.5. The maximum Gasteiger partial charge on any atom is 0.0635 e. The maximum absolute atomic E-state index is 5.44. The summed E-state index contributed by atoms with van der Waals surface area (Å²) in [5.74, 6) is 0. The van der Waals surface area contributed by atoms with Crippen LogP contribution in [0.4, 0.5) is 0 Å². The summed E-state index contributed by atoms with van der Waals surface area (Å²) >= 11 is 0. The van der Waals surface area contributed by atoms with Crippen LogP contribution in [0.25, 0.3) is 0 Å². The minimum absolute atomic E-state index is 0.616. The molecule has 2 rings (SSSR count). The van der Waals surface area contributed by atoms with E-state index in [1.807, 2.05) is 0 Å². The van der Waals surface area contributed by atoms with Gasteiger partial charge in [-0.15, -0.1) is 0 Å². The fraction of sp³-hybridized carbons (Fsp3) is 1.00. The van der Waals surface area contributed by atoms with Gasteiger partial charge in [0, 0.05) is 31.2 Å². The molecule has 0 spiro atoms. The van der Waals surface area contributed by atoms with E-state index in [9.17, 15) is 0 Å². The van der Waals surface area contributed by atoms with E-state index in [2.05, 4.69) is 24.1 Å². The second kappa shape index (κ2) is 3.32. The highest BCUT2D eigenvalue weighted by Gasteiger charge is 2.33. The van der Waals surface area contributed by atoms with Crippen LogP contribution in [0.2, 0.25) is 0 Å². The Morgan fingerprint density at radius 2 is 2.25 bits per heavy atom. The van der Waals surface area contributed by atoms with Gasteiger partial charge < -0.3 is 10.1 Å². The zero-order valence-corrected chi connectivity index (χ0v) is 7.92. The molecule has 3 atom stereocenters. The van der Waals surface area contributed by atoms with Gasteiger partial charge in [0.2, 0.25) is 0 Å². The molecule has 0 amide bonds. The van der Waals surface area contributed by atoms with Crippen molar-refractivity contribution in [3.63, 3.8) is 0 Å². The molecule has 2 heterocycles. The normalized spacial score (nSPS) is 44.0. The van der Waals surface area contributed by atoms with Crippen molar-refractivity contribution in [2.45, 2.75) is 32.0 Å². The molecule has 0 aromatic rings. The van der Waals surface area contributed by atoms with Gasteiger partial charge in [-0.3, -0.25) is 4.90 Å². The van der Waals surface area contributed by atoms with Crippen molar-refractivity contribution < 1.29 is 4.74 Å². The van der Waals surface area contributed by atoms with Gasteiger partial charge in [0.1, 0.15) is 0 Å². The van der Waals surface area contributed by atoms with E-state index in [1.54, 1.807) is 0 Å². The number of nitrogens with zero attached hydrogens (tertiary/aromatic N) is 1. The van der Waals surface area contributed by atoms with Gasteiger partial charge in [0.05, 0.1) is 13.2 Å². The SMILES string of the molecule is CC1NCC2COCCN2C1C. The van der Waals surface area contributed by atoms with Crippen LogP contribution in [0.3, 0.4) is 0 Å². The lowest BCUT2D eigenvalue weighted by Gasteiger charge is -2.46. The van der Waals surface area contributed by atoms with Gasteiger partial charge in [-0.1, -0.05) is 0 Å². The summed E-state index contributed by atoms with van der Waals surface area (Å²) in [6, 6.07) is 1.90. The van der Waals surface area contributed by atoms with Crippen LogP contribution in [0.15, 0.2) is 0 Å². The summed E-state index contributed by atoms with van der Waals surface area (Å²) < 4.78 is 5.44. The Kier molecular flexibility index (Phi) is 2.35. The number of rotatable bonds is 0. The summed E-state index contributed by atoms with van der Waals surface area (Å²) in [6.45, 7) is 8.58. The van der Waals surface area contributed by atoms with Crippen LogP contribution in [-0.4, -0.2) is 49.3 Å². The van der Waals surface area contributed by atoms with Crippen LogP contribution < -0.4 is 5.32 Å². The molecule has 1 N–H and O–H groups in total. The van der Waals surface area contributed by atoms with E-state index >= 15 is 0 Å². The maximum atomic E-state index is 5.44. The fourth-order valence-electron chi connectivity index (χ4n) is 2.16. The summed E-state index contributed by atoms with van der Waals surface area (Å²) in [6.07, 6.45) is 0. The molecule has 0 aromatic carbocycles. The molecule has 2 fully saturated rings. The van der Waals surface area contributed by atoms with Crippen molar-refractivity contribution in [1.82, 2.24) is 10.2 Å². The van der Waals surface area contributed by atoms with Crippen molar-refractivity contribution >= 4 is 0 Å². The Hall–Kier alpha value is -0.120. The minimum atomic E-state index is 0.616. The van der Waals surface area contributed by atoms with E-state index in [0.717, 1.165) is 26.3 Å². The smallest absolute Gasteiger partial charge is 0.0635 e. The van der Waals surface area contributed by atoms with E-state index in [0.29, 0.717) is 18.1 Å². The predicted octanol–water partition coefficient (Wildman–Crippen LogP) is 0.0674. The third kappa shape index (κ3) is 1.37. The van der Waals surface area contributed by atoms with Crippen LogP contribution >= 0.6 is 0 Å². The van der Waals surface area contributed by atoms with Gasteiger partial charge in [-0.2, -0.15) is 0 Å². The van der Waals surface area contributed by atoms with Crippen LogP contribution in [0, 0.1) is 0 Å². The number of hydrogen-bond donors (Lipinski definition) is 1. The lowest BCUT2D eigenvalue weighted by molar-refractivity contribution is -0.0482. The molecule has 3 unspecified atom stereocenters. The van der Waals surface area contributed by atoms with Crippen molar-refractivity contribution in [1.29, 1.82) is 0 Å². The first-order valence-corrected chi connectivity index (χ1v) is 4.86. The highest BCUT2D eigenvalue weighted by molar-refractivity contribution is 4.91. The largest absolute Gasteiger partial charge is 0.378 e. The molecule has 70 valence electrons. The Morgan fingerprint density at radius 1 is 1.42 bits per heavy atom. The number of hydrogen-bond acceptors (Lipinski definition) is 3. The molecule has 2 aliphatic heterocycles. The molecule has 0 aliphatic carbocycles. The Balaban J connectivity index is 2.03. The minimum Gasteiger partial charge on any atom is -0.378 e. The first-order chi connectivity index (χ1) is 5.79. The summed E-state index contributed by atoms with van der Waals surface area (Å²) in [4.78, 5) is 2.57. The quantitative estimate of drug-likeness (QED) is 0.556. The Labute approximate surface area is 74.1 Å². The monoisotopic (exact) mass is 170 g/mol. The second-order valence-corrected chi connectivity index (χ2v) is 3.90. The van der Waals surface area contributed by atoms with Gasteiger partial charge in [0.15, 0.2) is 0 Å². The van der Waals surface area contributed by atoms with Gasteiger partial charge in [-0.25, -0.2) is 0 Å². The lowest BCUT2D eigenvalue weighted by Crippen LogP contribution is -2.64. The number of ether oxygens (including phenoxy) is 1. The molecular formula is C9H18N2O. The summed E-state index contributed by atoms with van der Waals surface area (Å²) in [5.41, 5.74) is 0. The zero-order valence-electron chi connectivity index (χ0n) is 7.92. The molecular weight excluding hydrogens is 152 g/mol. The summed E-state index contributed by atoms with van der Waals surface area (Å²) in [5, 5.41) is 3.51. The molecule has 2 saturated heterocycles. The third-order valence-electron chi connectivity index (χ3n) is 3.20. The number of piperazine rings is 1. The molecule has 0 aromatic heterocycles. The molecule has 0 bridgehead atoms. The molecule has 12 heavy (non-hydrogen) atoms. The first-order valence-electron chi connectivity index (χ1n) is 4.86. The van der Waals surface area contributed by atoms with Gasteiger partial charge in [-0.05, 0) is 13.8 Å². The average molecular weight is 170 g/mol. The van der Waals surface area contributed by atoms with Crippen molar-refractivity contribution in [2.75, 3.05) is 26.3 Å². The standard InChI is InChI=1S/C9H18N2O/c1-7-8(2)11-3-4-12-6-9(11)5-10-7/h7-10H,3-6H2,1-2H3. The van der Waals surface area contributed by atoms with Crippen LogP contribution in [-0.2, 0) is 4.74 Å². The first kappa shape index (κ1) is 8.48. The molecule has 3 nitrogen and oxygen atoms in total. The van der Waals surface area contributed by atoms with E-state index in [1.165, 1.54) is 0 Å². The molecule has 2 aliphatic rings. The summed E-state index contributed by atoms with van der Waals surface area (Å²) in [7, 11) is 0. The predicted molar refractivity (Wildman–Crippen MR) is 48.2 cm³/mol. The zero-order chi connectivity index (χ0) is 8.55. The number of morpholine rings is 1. The third-order valence-corrected chi connectivity index (χ3v) is 3.20. The second-order valence-electron chi connectivity index (χ2n) is 3.90. The average Bonchev–Trinajstić information content (AvgIpc) is 2.12.